The van der Waals surface area contributed by atoms with E-state index in [1.54, 1.807) is 43.3 Å². The highest BCUT2D eigenvalue weighted by Crippen LogP contribution is 2.15. The highest BCUT2D eigenvalue weighted by molar-refractivity contribution is 6.03. The van der Waals surface area contributed by atoms with Gasteiger partial charge in [0.1, 0.15) is 5.75 Å². The first kappa shape index (κ1) is 19.7. The summed E-state index contributed by atoms with van der Waals surface area (Å²) < 4.78 is 10.1. The fraction of sp³-hybridized carbons (Fsp3) is 0.150. The molecule has 140 valence electrons. The van der Waals surface area contributed by atoms with Crippen LogP contribution in [0.1, 0.15) is 6.92 Å². The summed E-state index contributed by atoms with van der Waals surface area (Å²) in [4.78, 5) is 35.0. The number of ether oxygens (including phenoxy) is 2. The minimum atomic E-state index is -0.591. The standard InChI is InChI=1S/C20H20N2O5/c1-2-26-20(25)12-11-18(23)21-15-7-6-8-16(13-15)22-19(24)14-27-17-9-4-3-5-10-17/h3-13H,2,14H2,1H3,(H,21,23)(H,22,24)/b12-11+. The van der Waals surface area contributed by atoms with Crippen LogP contribution in [0.4, 0.5) is 11.4 Å². The zero-order chi connectivity index (χ0) is 19.5. The molecule has 0 saturated carbocycles. The van der Waals surface area contributed by atoms with Gasteiger partial charge in [0.25, 0.3) is 5.91 Å². The third kappa shape index (κ3) is 7.43. The van der Waals surface area contributed by atoms with E-state index in [2.05, 4.69) is 10.6 Å². The lowest BCUT2D eigenvalue weighted by molar-refractivity contribution is -0.137. The summed E-state index contributed by atoms with van der Waals surface area (Å²) in [6.07, 6.45) is 2.13. The minimum Gasteiger partial charge on any atom is -0.484 e. The molecule has 0 aliphatic carbocycles. The monoisotopic (exact) mass is 368 g/mol. The largest absolute Gasteiger partial charge is 0.484 e. The Balaban J connectivity index is 1.86. The van der Waals surface area contributed by atoms with E-state index in [0.29, 0.717) is 17.1 Å². The Bertz CT molecular complexity index is 818. The van der Waals surface area contributed by atoms with Crippen LogP contribution in [-0.2, 0) is 19.1 Å². The van der Waals surface area contributed by atoms with Gasteiger partial charge in [0.05, 0.1) is 6.61 Å². The average molecular weight is 368 g/mol. The van der Waals surface area contributed by atoms with Gasteiger partial charge in [-0.05, 0) is 37.3 Å². The third-order valence-electron chi connectivity index (χ3n) is 3.18. The van der Waals surface area contributed by atoms with E-state index >= 15 is 0 Å². The Kier molecular flexibility index (Phi) is 7.59. The molecule has 0 aromatic heterocycles. The van der Waals surface area contributed by atoms with Crippen LogP contribution in [0, 0.1) is 0 Å². The second-order valence-corrected chi connectivity index (χ2v) is 5.31. The number of hydrogen-bond donors (Lipinski definition) is 2. The molecule has 2 aromatic carbocycles. The molecular formula is C20H20N2O5. The molecule has 0 aliphatic rings. The molecule has 0 radical (unpaired) electrons. The molecule has 7 nitrogen and oxygen atoms in total. The van der Waals surface area contributed by atoms with Gasteiger partial charge in [-0.1, -0.05) is 24.3 Å². The Morgan fingerprint density at radius 3 is 2.33 bits per heavy atom. The Hall–Kier alpha value is -3.61. The van der Waals surface area contributed by atoms with Gasteiger partial charge in [0, 0.05) is 23.5 Å². The maximum atomic E-state index is 12.0. The van der Waals surface area contributed by atoms with Gasteiger partial charge in [-0.15, -0.1) is 0 Å². The Morgan fingerprint density at radius 1 is 0.926 bits per heavy atom. The second kappa shape index (κ2) is 10.4. The number of anilines is 2. The van der Waals surface area contributed by atoms with Gasteiger partial charge < -0.3 is 20.1 Å². The highest BCUT2D eigenvalue weighted by atomic mass is 16.5. The molecule has 0 spiro atoms. The van der Waals surface area contributed by atoms with Crippen LogP contribution in [-0.4, -0.2) is 31.0 Å². The van der Waals surface area contributed by atoms with E-state index < -0.39 is 11.9 Å². The summed E-state index contributed by atoms with van der Waals surface area (Å²) in [5, 5.41) is 5.28. The lowest BCUT2D eigenvalue weighted by Gasteiger charge is -2.09. The molecule has 0 bridgehead atoms. The second-order valence-electron chi connectivity index (χ2n) is 5.31. The zero-order valence-corrected chi connectivity index (χ0v) is 14.8. The smallest absolute Gasteiger partial charge is 0.330 e. The number of para-hydroxylation sites is 1. The van der Waals surface area contributed by atoms with Crippen LogP contribution in [0.5, 0.6) is 5.75 Å². The van der Waals surface area contributed by atoms with Crippen molar-refractivity contribution in [1.29, 1.82) is 0 Å². The van der Waals surface area contributed by atoms with Crippen LogP contribution < -0.4 is 15.4 Å². The van der Waals surface area contributed by atoms with Gasteiger partial charge in [-0.25, -0.2) is 4.79 Å². The fourth-order valence-electron chi connectivity index (χ4n) is 2.06. The van der Waals surface area contributed by atoms with E-state index in [1.165, 1.54) is 0 Å². The fourth-order valence-corrected chi connectivity index (χ4v) is 2.06. The molecule has 2 amide bonds. The van der Waals surface area contributed by atoms with Crippen molar-refractivity contribution in [3.63, 3.8) is 0 Å². The lowest BCUT2D eigenvalue weighted by atomic mass is 10.2. The van der Waals surface area contributed by atoms with Gasteiger partial charge in [0.15, 0.2) is 6.61 Å². The van der Waals surface area contributed by atoms with Crippen LogP contribution in [0.2, 0.25) is 0 Å². The number of carbonyl (C=O) groups is 3. The van der Waals surface area contributed by atoms with Gasteiger partial charge >= 0.3 is 5.97 Å². The molecule has 0 atom stereocenters. The zero-order valence-electron chi connectivity index (χ0n) is 14.8. The predicted octanol–water partition coefficient (Wildman–Crippen LogP) is 2.76. The maximum Gasteiger partial charge on any atom is 0.330 e. The first-order valence-electron chi connectivity index (χ1n) is 8.30. The minimum absolute atomic E-state index is 0.136. The Morgan fingerprint density at radius 2 is 1.63 bits per heavy atom. The summed E-state index contributed by atoms with van der Waals surface area (Å²) in [6, 6.07) is 15.6. The molecule has 0 unspecified atom stereocenters. The van der Waals surface area contributed by atoms with Crippen molar-refractivity contribution in [2.24, 2.45) is 0 Å². The molecule has 0 fully saturated rings. The molecule has 0 saturated heterocycles. The van der Waals surface area contributed by atoms with Crippen molar-refractivity contribution in [2.45, 2.75) is 6.92 Å². The third-order valence-corrected chi connectivity index (χ3v) is 3.18. The summed E-state index contributed by atoms with van der Waals surface area (Å²) in [5.41, 5.74) is 0.971. The van der Waals surface area contributed by atoms with E-state index in [4.69, 9.17) is 9.47 Å². The summed E-state index contributed by atoms with van der Waals surface area (Å²) in [7, 11) is 0. The van der Waals surface area contributed by atoms with E-state index in [9.17, 15) is 14.4 Å². The van der Waals surface area contributed by atoms with Crippen LogP contribution in [0.15, 0.2) is 66.7 Å². The highest BCUT2D eigenvalue weighted by Gasteiger charge is 2.06. The molecule has 7 heteroatoms. The van der Waals surface area contributed by atoms with Gasteiger partial charge in [0.2, 0.25) is 5.91 Å². The molecule has 2 N–H and O–H groups in total. The number of carbonyl (C=O) groups excluding carboxylic acids is 3. The first-order valence-corrected chi connectivity index (χ1v) is 8.30. The van der Waals surface area contributed by atoms with Crippen LogP contribution >= 0.6 is 0 Å². The number of benzene rings is 2. The maximum absolute atomic E-state index is 12.0. The topological polar surface area (TPSA) is 93.7 Å². The summed E-state index contributed by atoms with van der Waals surface area (Å²) >= 11 is 0. The molecular weight excluding hydrogens is 348 g/mol. The number of hydrogen-bond acceptors (Lipinski definition) is 5. The Labute approximate surface area is 157 Å². The molecule has 0 aliphatic heterocycles. The van der Waals surface area contributed by atoms with Crippen molar-refractivity contribution in [3.8, 4) is 5.75 Å². The molecule has 0 heterocycles. The van der Waals surface area contributed by atoms with Crippen molar-refractivity contribution in [1.82, 2.24) is 0 Å². The van der Waals surface area contributed by atoms with E-state index in [0.717, 1.165) is 12.2 Å². The SMILES string of the molecule is CCOC(=O)/C=C/C(=O)Nc1cccc(NC(=O)COc2ccccc2)c1. The van der Waals surface area contributed by atoms with Crippen LogP contribution in [0.25, 0.3) is 0 Å². The number of nitrogens with one attached hydrogen (secondary N) is 2. The summed E-state index contributed by atoms with van der Waals surface area (Å²) in [5.74, 6) is -0.808. The average Bonchev–Trinajstić information content (AvgIpc) is 2.66. The van der Waals surface area contributed by atoms with Crippen molar-refractivity contribution < 1.29 is 23.9 Å². The van der Waals surface area contributed by atoms with Crippen molar-refractivity contribution in [2.75, 3.05) is 23.8 Å². The van der Waals surface area contributed by atoms with Crippen molar-refractivity contribution >= 4 is 29.2 Å². The normalized spacial score (nSPS) is 10.3. The predicted molar refractivity (Wildman–Crippen MR) is 101 cm³/mol. The molecule has 27 heavy (non-hydrogen) atoms. The molecule has 2 aromatic rings. The number of rotatable bonds is 8. The lowest BCUT2D eigenvalue weighted by Crippen LogP contribution is -2.20. The molecule has 2 rings (SSSR count). The van der Waals surface area contributed by atoms with Gasteiger partial charge in [-0.2, -0.15) is 0 Å². The van der Waals surface area contributed by atoms with Crippen LogP contribution in [0.3, 0.4) is 0 Å². The van der Waals surface area contributed by atoms with E-state index in [-0.39, 0.29) is 19.1 Å². The number of amides is 2. The first-order chi connectivity index (χ1) is 13.1. The quantitative estimate of drug-likeness (QED) is 0.552. The number of esters is 1. The van der Waals surface area contributed by atoms with Gasteiger partial charge in [-0.3, -0.25) is 9.59 Å². The van der Waals surface area contributed by atoms with E-state index in [1.807, 2.05) is 18.2 Å². The summed E-state index contributed by atoms with van der Waals surface area (Å²) in [6.45, 7) is 1.78. The van der Waals surface area contributed by atoms with Crippen molar-refractivity contribution in [3.05, 3.63) is 66.7 Å².